The largest absolute Gasteiger partial charge is 0.464 e. The second-order valence-corrected chi connectivity index (χ2v) is 5.71. The summed E-state index contributed by atoms with van der Waals surface area (Å²) in [6, 6.07) is 3.37. The molecule has 0 aromatic carbocycles. The molecule has 22 heavy (non-hydrogen) atoms. The van der Waals surface area contributed by atoms with Gasteiger partial charge in [0.05, 0.1) is 7.11 Å². The number of carbonyl (C=O) groups excluding carboxylic acids is 3. The molecule has 0 bridgehead atoms. The Balaban J connectivity index is 2.30. The highest BCUT2D eigenvalue weighted by molar-refractivity contribution is 6.09. The topological polar surface area (TPSA) is 65.4 Å². The lowest BCUT2D eigenvalue weighted by atomic mass is 9.66. The van der Waals surface area contributed by atoms with E-state index in [1.165, 1.54) is 14.0 Å². The highest BCUT2D eigenvalue weighted by Crippen LogP contribution is 2.40. The Hall–Kier alpha value is -2.17. The van der Waals surface area contributed by atoms with Crippen LogP contribution < -0.4 is 0 Å². The zero-order valence-corrected chi connectivity index (χ0v) is 13.1. The van der Waals surface area contributed by atoms with Gasteiger partial charge in [0.25, 0.3) is 0 Å². The van der Waals surface area contributed by atoms with E-state index in [2.05, 4.69) is 6.58 Å². The number of rotatable bonds is 5. The van der Waals surface area contributed by atoms with Gasteiger partial charge in [-0.2, -0.15) is 0 Å². The lowest BCUT2D eigenvalue weighted by Gasteiger charge is -2.35. The van der Waals surface area contributed by atoms with Gasteiger partial charge in [0, 0.05) is 19.2 Å². The number of aromatic nitrogens is 1. The molecule has 0 aliphatic heterocycles. The quantitative estimate of drug-likeness (QED) is 0.476. The molecule has 1 aromatic rings. The highest BCUT2D eigenvalue weighted by Gasteiger charge is 2.46. The number of Topliss-reactive ketones (excluding diaryl/α,β-unsaturated/α-hetero) is 2. The second kappa shape index (κ2) is 6.30. The molecule has 5 heteroatoms. The Morgan fingerprint density at radius 1 is 1.41 bits per heavy atom. The summed E-state index contributed by atoms with van der Waals surface area (Å²) in [5.74, 6) is -0.665. The van der Waals surface area contributed by atoms with Crippen molar-refractivity contribution in [2.45, 2.75) is 39.2 Å². The van der Waals surface area contributed by atoms with Crippen LogP contribution in [0, 0.1) is 5.41 Å². The average Bonchev–Trinajstić information content (AvgIpc) is 2.94. The molecule has 5 nitrogen and oxygen atoms in total. The van der Waals surface area contributed by atoms with E-state index in [1.54, 1.807) is 22.9 Å². The summed E-state index contributed by atoms with van der Waals surface area (Å²) < 4.78 is 6.40. The van der Waals surface area contributed by atoms with Crippen molar-refractivity contribution < 1.29 is 19.1 Å². The monoisotopic (exact) mass is 303 g/mol. The molecule has 0 N–H and O–H groups in total. The van der Waals surface area contributed by atoms with Gasteiger partial charge in [0.1, 0.15) is 16.9 Å². The summed E-state index contributed by atoms with van der Waals surface area (Å²) in [4.78, 5) is 36.3. The number of ether oxygens (including phenoxy) is 1. The van der Waals surface area contributed by atoms with Gasteiger partial charge in [-0.1, -0.05) is 13.0 Å². The summed E-state index contributed by atoms with van der Waals surface area (Å²) in [5, 5.41) is 0. The minimum Gasteiger partial charge on any atom is -0.464 e. The maximum atomic E-state index is 12.4. The first kappa shape index (κ1) is 16.2. The molecule has 1 aromatic heterocycles. The van der Waals surface area contributed by atoms with Crippen molar-refractivity contribution in [1.29, 1.82) is 0 Å². The van der Waals surface area contributed by atoms with E-state index >= 15 is 0 Å². The van der Waals surface area contributed by atoms with Crippen molar-refractivity contribution in [3.63, 3.8) is 0 Å². The van der Waals surface area contributed by atoms with Crippen LogP contribution in [0.15, 0.2) is 30.5 Å². The van der Waals surface area contributed by atoms with Crippen LogP contribution in [0.5, 0.6) is 0 Å². The summed E-state index contributed by atoms with van der Waals surface area (Å²) in [7, 11) is 1.32. The second-order valence-electron chi connectivity index (χ2n) is 5.71. The van der Waals surface area contributed by atoms with Crippen molar-refractivity contribution in [1.82, 2.24) is 4.57 Å². The normalized spacial score (nSPS) is 21.5. The number of hydrogen-bond donors (Lipinski definition) is 0. The molecular weight excluding hydrogens is 282 g/mol. The van der Waals surface area contributed by atoms with Gasteiger partial charge < -0.3 is 9.30 Å². The predicted molar refractivity (Wildman–Crippen MR) is 81.5 cm³/mol. The van der Waals surface area contributed by atoms with Crippen LogP contribution in [0.2, 0.25) is 0 Å². The fourth-order valence-electron chi connectivity index (χ4n) is 3.21. The van der Waals surface area contributed by atoms with E-state index in [1.807, 2.05) is 0 Å². The van der Waals surface area contributed by atoms with Gasteiger partial charge in [-0.25, -0.2) is 4.79 Å². The third-order valence-corrected chi connectivity index (χ3v) is 4.47. The van der Waals surface area contributed by atoms with Crippen molar-refractivity contribution >= 4 is 17.5 Å². The first-order valence-corrected chi connectivity index (χ1v) is 7.39. The van der Waals surface area contributed by atoms with E-state index in [-0.39, 0.29) is 18.1 Å². The fraction of sp³-hybridized carbons (Fsp3) is 0.471. The summed E-state index contributed by atoms with van der Waals surface area (Å²) in [6.45, 7) is 5.71. The molecule has 1 aliphatic rings. The third-order valence-electron chi connectivity index (χ3n) is 4.47. The molecular formula is C17H21NO4. The lowest BCUT2D eigenvalue weighted by Crippen LogP contribution is -2.43. The molecule has 0 radical (unpaired) electrons. The third kappa shape index (κ3) is 2.63. The molecule has 1 fully saturated rings. The maximum absolute atomic E-state index is 12.4. The Morgan fingerprint density at radius 2 is 2.14 bits per heavy atom. The summed E-state index contributed by atoms with van der Waals surface area (Å²) in [5.41, 5.74) is -0.174. The first-order chi connectivity index (χ1) is 10.4. The van der Waals surface area contributed by atoms with Crippen LogP contribution in [0.4, 0.5) is 0 Å². The van der Waals surface area contributed by atoms with Gasteiger partial charge in [0.15, 0.2) is 5.78 Å². The van der Waals surface area contributed by atoms with Crippen LogP contribution in [-0.4, -0.2) is 29.2 Å². The van der Waals surface area contributed by atoms with Crippen LogP contribution >= 0.6 is 0 Å². The Morgan fingerprint density at radius 3 is 2.73 bits per heavy atom. The SMILES string of the molecule is C=C(Cn1cccc1C(=O)OC)[C@@]1(C(C)=O)CCCCC1=O. The molecule has 0 amide bonds. The molecule has 0 unspecified atom stereocenters. The number of allylic oxidation sites excluding steroid dienone is 1. The average molecular weight is 303 g/mol. The van der Waals surface area contributed by atoms with Gasteiger partial charge in [0.2, 0.25) is 0 Å². The van der Waals surface area contributed by atoms with E-state index in [0.29, 0.717) is 24.1 Å². The zero-order chi connectivity index (χ0) is 16.3. The van der Waals surface area contributed by atoms with Crippen LogP contribution in [0.3, 0.4) is 0 Å². The minimum atomic E-state index is -1.10. The van der Waals surface area contributed by atoms with Gasteiger partial charge in [-0.3, -0.25) is 9.59 Å². The smallest absolute Gasteiger partial charge is 0.354 e. The van der Waals surface area contributed by atoms with E-state index in [4.69, 9.17) is 4.74 Å². The van der Waals surface area contributed by atoms with Crippen LogP contribution in [0.1, 0.15) is 43.1 Å². The lowest BCUT2D eigenvalue weighted by molar-refractivity contribution is -0.139. The standard InChI is InChI=1S/C17H21NO4/c1-12(11-18-10-6-7-14(18)16(21)22-3)17(13(2)19)9-5-4-8-15(17)20/h6-7,10H,1,4-5,8-9,11H2,2-3H3/t17-/m1/s1. The predicted octanol–water partition coefficient (Wildman–Crippen LogP) is 2.55. The molecule has 1 heterocycles. The van der Waals surface area contributed by atoms with Gasteiger partial charge in [-0.05, 0) is 37.5 Å². The fourth-order valence-corrected chi connectivity index (χ4v) is 3.21. The number of hydrogen-bond acceptors (Lipinski definition) is 4. The van der Waals surface area contributed by atoms with E-state index < -0.39 is 11.4 Å². The van der Waals surface area contributed by atoms with Gasteiger partial charge in [-0.15, -0.1) is 0 Å². The molecule has 118 valence electrons. The van der Waals surface area contributed by atoms with Crippen LogP contribution in [0.25, 0.3) is 0 Å². The van der Waals surface area contributed by atoms with E-state index in [9.17, 15) is 14.4 Å². The molecule has 2 rings (SSSR count). The molecule has 1 aliphatic carbocycles. The first-order valence-electron chi connectivity index (χ1n) is 7.39. The van der Waals surface area contributed by atoms with Crippen molar-refractivity contribution in [3.05, 3.63) is 36.2 Å². The maximum Gasteiger partial charge on any atom is 0.354 e. The Bertz CT molecular complexity index is 628. The summed E-state index contributed by atoms with van der Waals surface area (Å²) >= 11 is 0. The number of ketones is 2. The Labute approximate surface area is 129 Å². The minimum absolute atomic E-state index is 0.0528. The molecule has 1 saturated carbocycles. The van der Waals surface area contributed by atoms with Crippen LogP contribution in [-0.2, 0) is 20.9 Å². The Kier molecular flexibility index (Phi) is 4.64. The van der Waals surface area contributed by atoms with Crippen molar-refractivity contribution in [2.75, 3.05) is 7.11 Å². The highest BCUT2D eigenvalue weighted by atomic mass is 16.5. The van der Waals surface area contributed by atoms with Gasteiger partial charge >= 0.3 is 5.97 Å². The van der Waals surface area contributed by atoms with Crippen molar-refractivity contribution in [2.24, 2.45) is 5.41 Å². The van der Waals surface area contributed by atoms with E-state index in [0.717, 1.165) is 12.8 Å². The number of nitrogens with zero attached hydrogens (tertiary/aromatic N) is 1. The molecule has 0 spiro atoms. The summed E-state index contributed by atoms with van der Waals surface area (Å²) in [6.07, 6.45) is 4.29. The van der Waals surface area contributed by atoms with Crippen molar-refractivity contribution in [3.8, 4) is 0 Å². The number of carbonyl (C=O) groups is 3. The molecule has 1 atom stereocenters. The number of esters is 1. The molecule has 0 saturated heterocycles. The number of methoxy groups -OCH3 is 1. The zero-order valence-electron chi connectivity index (χ0n) is 13.1.